The summed E-state index contributed by atoms with van der Waals surface area (Å²) in [5.41, 5.74) is 0.226. The average Bonchev–Trinajstić information content (AvgIpc) is 2.60. The molecule has 0 aromatic rings. The van der Waals surface area contributed by atoms with Gasteiger partial charge >= 0.3 is 0 Å². The summed E-state index contributed by atoms with van der Waals surface area (Å²) in [4.78, 5) is 11.3. The number of carbonyl (C=O) groups excluding carboxylic acids is 1. The highest BCUT2D eigenvalue weighted by Gasteiger charge is 2.50. The van der Waals surface area contributed by atoms with Gasteiger partial charge in [-0.25, -0.2) is 0 Å². The smallest absolute Gasteiger partial charge is 0.224 e. The number of carbonyl (C=O) groups is 1. The summed E-state index contributed by atoms with van der Waals surface area (Å²) in [7, 11) is 0. The van der Waals surface area contributed by atoms with Crippen LogP contribution in [0, 0.1) is 23.2 Å². The topological polar surface area (TPSA) is 29.1 Å². The maximum atomic E-state index is 11.3. The molecule has 1 aliphatic carbocycles. The Kier molecular flexibility index (Phi) is 2.42. The minimum atomic E-state index is 0.155. The third-order valence-electron chi connectivity index (χ3n) is 2.36. The van der Waals surface area contributed by atoms with Crippen molar-refractivity contribution in [2.45, 2.75) is 27.2 Å². The first kappa shape index (κ1) is 9.12. The Morgan fingerprint density at radius 1 is 1.67 bits per heavy atom. The first-order chi connectivity index (χ1) is 5.58. The van der Waals surface area contributed by atoms with Crippen molar-refractivity contribution in [1.82, 2.24) is 5.32 Å². The zero-order valence-electron chi connectivity index (χ0n) is 7.90. The molecule has 0 heterocycles. The molecular formula is C10H15NO. The molecule has 12 heavy (non-hydrogen) atoms. The first-order valence-corrected chi connectivity index (χ1v) is 4.25. The molecule has 1 amide bonds. The predicted molar refractivity (Wildman–Crippen MR) is 48.3 cm³/mol. The maximum Gasteiger partial charge on any atom is 0.224 e. The van der Waals surface area contributed by atoms with Gasteiger partial charge in [-0.15, -0.1) is 5.92 Å². The highest BCUT2D eigenvalue weighted by Crippen LogP contribution is 2.51. The van der Waals surface area contributed by atoms with Crippen LogP contribution in [0.15, 0.2) is 0 Å². The second-order valence-electron chi connectivity index (χ2n) is 3.89. The summed E-state index contributed by atoms with van der Waals surface area (Å²) in [6, 6.07) is 0. The van der Waals surface area contributed by atoms with E-state index < -0.39 is 0 Å². The molecule has 66 valence electrons. The standard InChI is InChI=1S/C10H15NO/c1-4-5-6-11-9(12)8-7-10(8,2)3/h8H,6-7H2,1-3H3,(H,11,12). The molecule has 0 aliphatic heterocycles. The SMILES string of the molecule is CC#CCNC(=O)C1CC1(C)C. The molecule has 0 radical (unpaired) electrons. The van der Waals surface area contributed by atoms with Crippen molar-refractivity contribution in [2.75, 3.05) is 6.54 Å². The zero-order chi connectivity index (χ0) is 9.19. The summed E-state index contributed by atoms with van der Waals surface area (Å²) in [5, 5.41) is 2.79. The minimum Gasteiger partial charge on any atom is -0.345 e. The Morgan fingerprint density at radius 2 is 2.25 bits per heavy atom. The fraction of sp³-hybridized carbons (Fsp3) is 0.700. The third-order valence-corrected chi connectivity index (χ3v) is 2.36. The van der Waals surface area contributed by atoms with Gasteiger partial charge < -0.3 is 5.32 Å². The van der Waals surface area contributed by atoms with Gasteiger partial charge in [-0.3, -0.25) is 4.79 Å². The Bertz CT molecular complexity index is 244. The normalized spacial score (nSPS) is 23.8. The van der Waals surface area contributed by atoms with Crippen LogP contribution in [0.4, 0.5) is 0 Å². The summed E-state index contributed by atoms with van der Waals surface area (Å²) < 4.78 is 0. The molecule has 0 aromatic heterocycles. The molecule has 1 unspecified atom stereocenters. The van der Waals surface area contributed by atoms with Gasteiger partial charge in [0, 0.05) is 5.92 Å². The summed E-state index contributed by atoms with van der Waals surface area (Å²) in [5.74, 6) is 5.92. The number of hydrogen-bond acceptors (Lipinski definition) is 1. The van der Waals surface area contributed by atoms with Gasteiger partial charge in [0.05, 0.1) is 6.54 Å². The van der Waals surface area contributed by atoms with Crippen molar-refractivity contribution in [3.05, 3.63) is 0 Å². The lowest BCUT2D eigenvalue weighted by Gasteiger charge is -2.02. The van der Waals surface area contributed by atoms with Crippen LogP contribution in [0.5, 0.6) is 0 Å². The average molecular weight is 165 g/mol. The van der Waals surface area contributed by atoms with E-state index in [1.165, 1.54) is 0 Å². The number of hydrogen-bond donors (Lipinski definition) is 1. The van der Waals surface area contributed by atoms with E-state index in [4.69, 9.17) is 0 Å². The second-order valence-corrected chi connectivity index (χ2v) is 3.89. The van der Waals surface area contributed by atoms with E-state index >= 15 is 0 Å². The summed E-state index contributed by atoms with van der Waals surface area (Å²) in [6.07, 6.45) is 1.01. The number of amides is 1. The van der Waals surface area contributed by atoms with Crippen molar-refractivity contribution < 1.29 is 4.79 Å². The zero-order valence-corrected chi connectivity index (χ0v) is 7.90. The van der Waals surface area contributed by atoms with Crippen molar-refractivity contribution >= 4 is 5.91 Å². The van der Waals surface area contributed by atoms with Crippen molar-refractivity contribution in [2.24, 2.45) is 11.3 Å². The van der Waals surface area contributed by atoms with E-state index in [-0.39, 0.29) is 17.2 Å². The predicted octanol–water partition coefficient (Wildman–Crippen LogP) is 1.17. The molecular weight excluding hydrogens is 150 g/mol. The fourth-order valence-corrected chi connectivity index (χ4v) is 1.26. The van der Waals surface area contributed by atoms with E-state index in [0.717, 1.165) is 6.42 Å². The van der Waals surface area contributed by atoms with Crippen LogP contribution in [0.1, 0.15) is 27.2 Å². The van der Waals surface area contributed by atoms with Gasteiger partial charge in [-0.05, 0) is 18.8 Å². The minimum absolute atomic E-state index is 0.155. The summed E-state index contributed by atoms with van der Waals surface area (Å²) >= 11 is 0. The van der Waals surface area contributed by atoms with Gasteiger partial charge in [0.25, 0.3) is 0 Å². The lowest BCUT2D eigenvalue weighted by molar-refractivity contribution is -0.122. The van der Waals surface area contributed by atoms with Gasteiger partial charge in [0.2, 0.25) is 5.91 Å². The molecule has 2 nitrogen and oxygen atoms in total. The molecule has 1 N–H and O–H groups in total. The fourth-order valence-electron chi connectivity index (χ4n) is 1.26. The molecule has 0 aromatic carbocycles. The van der Waals surface area contributed by atoms with Crippen LogP contribution >= 0.6 is 0 Å². The van der Waals surface area contributed by atoms with E-state index in [0.29, 0.717) is 6.54 Å². The van der Waals surface area contributed by atoms with Crippen molar-refractivity contribution in [3.63, 3.8) is 0 Å². The van der Waals surface area contributed by atoms with Crippen molar-refractivity contribution in [3.8, 4) is 11.8 Å². The third kappa shape index (κ3) is 2.01. The van der Waals surface area contributed by atoms with E-state index in [9.17, 15) is 4.79 Å². The summed E-state index contributed by atoms with van der Waals surface area (Å²) in [6.45, 7) is 6.49. The Hall–Kier alpha value is -0.970. The van der Waals surface area contributed by atoms with E-state index in [1.807, 2.05) is 0 Å². The quantitative estimate of drug-likeness (QED) is 0.611. The highest BCUT2D eigenvalue weighted by molar-refractivity contribution is 5.82. The molecule has 0 spiro atoms. The molecule has 1 aliphatic rings. The maximum absolute atomic E-state index is 11.3. The lowest BCUT2D eigenvalue weighted by atomic mass is 10.1. The van der Waals surface area contributed by atoms with Crippen LogP contribution < -0.4 is 5.32 Å². The van der Waals surface area contributed by atoms with Gasteiger partial charge in [-0.1, -0.05) is 19.8 Å². The van der Waals surface area contributed by atoms with Crippen LogP contribution in [-0.4, -0.2) is 12.5 Å². The molecule has 1 rings (SSSR count). The van der Waals surface area contributed by atoms with Gasteiger partial charge in [0.15, 0.2) is 0 Å². The highest BCUT2D eigenvalue weighted by atomic mass is 16.2. The first-order valence-electron chi connectivity index (χ1n) is 4.25. The Morgan fingerprint density at radius 3 is 2.67 bits per heavy atom. The van der Waals surface area contributed by atoms with Crippen LogP contribution in [-0.2, 0) is 4.79 Å². The van der Waals surface area contributed by atoms with Crippen LogP contribution in [0.3, 0.4) is 0 Å². The molecule has 1 fully saturated rings. The molecule has 2 heteroatoms. The Labute approximate surface area is 73.7 Å². The van der Waals surface area contributed by atoms with E-state index in [2.05, 4.69) is 31.0 Å². The lowest BCUT2D eigenvalue weighted by Crippen LogP contribution is -2.26. The molecule has 1 saturated carbocycles. The second kappa shape index (κ2) is 3.18. The number of rotatable bonds is 2. The van der Waals surface area contributed by atoms with Crippen molar-refractivity contribution in [1.29, 1.82) is 0 Å². The Balaban J connectivity index is 2.26. The molecule has 0 bridgehead atoms. The largest absolute Gasteiger partial charge is 0.345 e. The number of nitrogens with one attached hydrogen (secondary N) is 1. The van der Waals surface area contributed by atoms with Crippen LogP contribution in [0.25, 0.3) is 0 Å². The van der Waals surface area contributed by atoms with Gasteiger partial charge in [0.1, 0.15) is 0 Å². The monoisotopic (exact) mass is 165 g/mol. The molecule has 0 saturated heterocycles. The van der Waals surface area contributed by atoms with Crippen LogP contribution in [0.2, 0.25) is 0 Å². The van der Waals surface area contributed by atoms with E-state index in [1.54, 1.807) is 6.92 Å². The van der Waals surface area contributed by atoms with Gasteiger partial charge in [-0.2, -0.15) is 0 Å². The molecule has 1 atom stereocenters.